The molecule has 31 heavy (non-hydrogen) atoms. The van der Waals surface area contributed by atoms with E-state index in [2.05, 4.69) is 36.8 Å². The highest BCUT2D eigenvalue weighted by molar-refractivity contribution is 5.79. The van der Waals surface area contributed by atoms with Gasteiger partial charge >= 0.3 is 0 Å². The van der Waals surface area contributed by atoms with Gasteiger partial charge in [0.25, 0.3) is 0 Å². The van der Waals surface area contributed by atoms with Gasteiger partial charge in [-0.25, -0.2) is 0 Å². The summed E-state index contributed by atoms with van der Waals surface area (Å²) in [5, 5.41) is 15.1. The third kappa shape index (κ3) is 5.71. The Kier molecular flexibility index (Phi) is 7.30. The SMILES string of the molecule is CN=C(NCc1ccccc1OCCN1CCOCC1)NCc1nnc2ccccn12. The molecule has 3 heterocycles. The lowest BCUT2D eigenvalue weighted by atomic mass is 10.2. The maximum absolute atomic E-state index is 6.07. The van der Waals surface area contributed by atoms with Crippen molar-refractivity contribution in [2.45, 2.75) is 13.1 Å². The van der Waals surface area contributed by atoms with Crippen LogP contribution in [0.3, 0.4) is 0 Å². The largest absolute Gasteiger partial charge is 0.492 e. The first-order chi connectivity index (χ1) is 15.3. The molecular weight excluding hydrogens is 394 g/mol. The molecule has 164 valence electrons. The Morgan fingerprint density at radius 2 is 1.87 bits per heavy atom. The summed E-state index contributed by atoms with van der Waals surface area (Å²) < 4.78 is 13.4. The smallest absolute Gasteiger partial charge is 0.191 e. The molecule has 9 heteroatoms. The maximum Gasteiger partial charge on any atom is 0.191 e. The third-order valence-corrected chi connectivity index (χ3v) is 5.21. The average molecular weight is 424 g/mol. The van der Waals surface area contributed by atoms with E-state index >= 15 is 0 Å². The molecule has 4 rings (SSSR count). The van der Waals surface area contributed by atoms with Crippen molar-refractivity contribution >= 4 is 11.6 Å². The van der Waals surface area contributed by atoms with Crippen LogP contribution in [0.4, 0.5) is 0 Å². The van der Waals surface area contributed by atoms with E-state index in [9.17, 15) is 0 Å². The number of nitrogens with zero attached hydrogens (tertiary/aromatic N) is 5. The van der Waals surface area contributed by atoms with Gasteiger partial charge in [0, 0.05) is 45.0 Å². The van der Waals surface area contributed by atoms with Crippen molar-refractivity contribution in [1.29, 1.82) is 0 Å². The van der Waals surface area contributed by atoms with Crippen LogP contribution in [0, 0.1) is 0 Å². The van der Waals surface area contributed by atoms with Gasteiger partial charge in [-0.15, -0.1) is 10.2 Å². The van der Waals surface area contributed by atoms with Crippen molar-refractivity contribution in [1.82, 2.24) is 30.1 Å². The summed E-state index contributed by atoms with van der Waals surface area (Å²) in [4.78, 5) is 6.68. The molecule has 1 aliphatic heterocycles. The second-order valence-electron chi connectivity index (χ2n) is 7.23. The number of hydrogen-bond acceptors (Lipinski definition) is 6. The minimum atomic E-state index is 0.516. The first kappa shape index (κ1) is 21.1. The van der Waals surface area contributed by atoms with E-state index in [4.69, 9.17) is 9.47 Å². The number of ether oxygens (including phenoxy) is 2. The second kappa shape index (κ2) is 10.7. The van der Waals surface area contributed by atoms with Crippen LogP contribution in [0.5, 0.6) is 5.75 Å². The molecule has 0 radical (unpaired) electrons. The number of hydrogen-bond donors (Lipinski definition) is 2. The zero-order chi connectivity index (χ0) is 21.3. The Hall–Kier alpha value is -3.17. The lowest BCUT2D eigenvalue weighted by Crippen LogP contribution is -2.38. The van der Waals surface area contributed by atoms with E-state index in [-0.39, 0.29) is 0 Å². The molecule has 0 unspecified atom stereocenters. The van der Waals surface area contributed by atoms with Crippen LogP contribution in [0.25, 0.3) is 5.65 Å². The molecule has 0 amide bonds. The first-order valence-electron chi connectivity index (χ1n) is 10.6. The molecule has 1 aromatic carbocycles. The summed E-state index contributed by atoms with van der Waals surface area (Å²) in [6.07, 6.45) is 1.95. The van der Waals surface area contributed by atoms with Crippen molar-refractivity contribution in [3.63, 3.8) is 0 Å². The lowest BCUT2D eigenvalue weighted by molar-refractivity contribution is 0.0322. The van der Waals surface area contributed by atoms with Gasteiger partial charge in [-0.3, -0.25) is 14.3 Å². The van der Waals surface area contributed by atoms with Crippen molar-refractivity contribution in [3.8, 4) is 5.75 Å². The predicted octanol–water partition coefficient (Wildman–Crippen LogP) is 1.31. The van der Waals surface area contributed by atoms with Gasteiger partial charge in [0.15, 0.2) is 17.4 Å². The third-order valence-electron chi connectivity index (χ3n) is 5.21. The number of morpholine rings is 1. The monoisotopic (exact) mass is 423 g/mol. The molecule has 0 atom stereocenters. The van der Waals surface area contributed by atoms with Gasteiger partial charge in [-0.1, -0.05) is 24.3 Å². The predicted molar refractivity (Wildman–Crippen MR) is 119 cm³/mol. The Bertz CT molecular complexity index is 998. The van der Waals surface area contributed by atoms with Crippen molar-refractivity contribution in [3.05, 3.63) is 60.0 Å². The molecule has 1 saturated heterocycles. The van der Waals surface area contributed by atoms with Gasteiger partial charge in [0.05, 0.1) is 19.8 Å². The van der Waals surface area contributed by atoms with Crippen LogP contribution >= 0.6 is 0 Å². The maximum atomic E-state index is 6.07. The van der Waals surface area contributed by atoms with Crippen molar-refractivity contribution < 1.29 is 9.47 Å². The summed E-state index contributed by atoms with van der Waals surface area (Å²) in [7, 11) is 1.75. The highest BCUT2D eigenvalue weighted by atomic mass is 16.5. The van der Waals surface area contributed by atoms with Crippen LogP contribution in [-0.4, -0.2) is 72.0 Å². The van der Waals surface area contributed by atoms with Crippen LogP contribution in [0.1, 0.15) is 11.4 Å². The minimum Gasteiger partial charge on any atom is -0.492 e. The van der Waals surface area contributed by atoms with E-state index in [0.717, 1.165) is 55.6 Å². The van der Waals surface area contributed by atoms with Gasteiger partial charge in [-0.2, -0.15) is 0 Å². The van der Waals surface area contributed by atoms with Gasteiger partial charge in [0.1, 0.15) is 12.4 Å². The van der Waals surface area contributed by atoms with Crippen LogP contribution < -0.4 is 15.4 Å². The fourth-order valence-corrected chi connectivity index (χ4v) is 3.47. The normalized spacial score (nSPS) is 15.2. The van der Waals surface area contributed by atoms with E-state index in [1.165, 1.54) is 0 Å². The van der Waals surface area contributed by atoms with E-state index in [1.807, 2.05) is 47.0 Å². The highest BCUT2D eigenvalue weighted by Gasteiger charge is 2.11. The van der Waals surface area contributed by atoms with Crippen molar-refractivity contribution in [2.24, 2.45) is 4.99 Å². The molecule has 0 aliphatic carbocycles. The van der Waals surface area contributed by atoms with E-state index < -0.39 is 0 Å². The number of nitrogens with one attached hydrogen (secondary N) is 2. The van der Waals surface area contributed by atoms with Gasteiger partial charge in [0.2, 0.25) is 0 Å². The minimum absolute atomic E-state index is 0.516. The molecule has 3 aromatic rings. The quantitative estimate of drug-likeness (QED) is 0.417. The zero-order valence-electron chi connectivity index (χ0n) is 17.8. The molecule has 0 spiro atoms. The van der Waals surface area contributed by atoms with Crippen LogP contribution in [-0.2, 0) is 17.8 Å². The Balaban J connectivity index is 1.28. The zero-order valence-corrected chi connectivity index (χ0v) is 17.8. The summed E-state index contributed by atoms with van der Waals surface area (Å²) >= 11 is 0. The van der Waals surface area contributed by atoms with Gasteiger partial charge < -0.3 is 20.1 Å². The molecule has 9 nitrogen and oxygen atoms in total. The number of para-hydroxylation sites is 1. The summed E-state index contributed by atoms with van der Waals surface area (Å²) in [5.74, 6) is 2.41. The van der Waals surface area contributed by atoms with Crippen molar-refractivity contribution in [2.75, 3.05) is 46.5 Å². The Morgan fingerprint density at radius 3 is 2.74 bits per heavy atom. The topological polar surface area (TPSA) is 88.3 Å². The molecule has 2 aromatic heterocycles. The first-order valence-corrected chi connectivity index (χ1v) is 10.6. The lowest BCUT2D eigenvalue weighted by Gasteiger charge is -2.26. The van der Waals surface area contributed by atoms with Crippen LogP contribution in [0.2, 0.25) is 0 Å². The molecule has 1 fully saturated rings. The van der Waals surface area contributed by atoms with Gasteiger partial charge in [-0.05, 0) is 18.2 Å². The molecule has 0 saturated carbocycles. The number of fused-ring (bicyclic) bond motifs is 1. The Morgan fingerprint density at radius 1 is 1.06 bits per heavy atom. The fourth-order valence-electron chi connectivity index (χ4n) is 3.47. The standard InChI is InChI=1S/C22H29N7O2/c1-23-22(25-17-21-27-26-20-8-4-5-9-29(20)21)24-16-18-6-2-3-7-19(18)31-15-12-28-10-13-30-14-11-28/h2-9H,10-17H2,1H3,(H2,23,24,25). The average Bonchev–Trinajstić information content (AvgIpc) is 3.24. The molecule has 0 bridgehead atoms. The molecule has 2 N–H and O–H groups in total. The Labute approximate surface area is 182 Å². The second-order valence-corrected chi connectivity index (χ2v) is 7.23. The number of aliphatic imine (C=N–C) groups is 1. The summed E-state index contributed by atoms with van der Waals surface area (Å²) in [5.41, 5.74) is 1.91. The number of aromatic nitrogens is 3. The number of guanidine groups is 1. The fraction of sp³-hybridized carbons (Fsp3) is 0.409. The highest BCUT2D eigenvalue weighted by Crippen LogP contribution is 2.17. The number of rotatable bonds is 8. The summed E-state index contributed by atoms with van der Waals surface area (Å²) in [6, 6.07) is 13.9. The molecular formula is C22H29N7O2. The molecule has 1 aliphatic rings. The van der Waals surface area contributed by atoms with E-state index in [0.29, 0.717) is 25.7 Å². The number of benzene rings is 1. The summed E-state index contributed by atoms with van der Waals surface area (Å²) in [6.45, 7) is 6.22. The number of pyridine rings is 1. The van der Waals surface area contributed by atoms with Crippen LogP contribution in [0.15, 0.2) is 53.7 Å². The van der Waals surface area contributed by atoms with E-state index in [1.54, 1.807) is 7.05 Å².